The van der Waals surface area contributed by atoms with E-state index in [1.165, 1.54) is 0 Å². The van der Waals surface area contributed by atoms with Gasteiger partial charge in [0.05, 0.1) is 19.8 Å². The van der Waals surface area contributed by atoms with E-state index in [0.717, 1.165) is 16.9 Å². The highest BCUT2D eigenvalue weighted by atomic mass is 16.5. The van der Waals surface area contributed by atoms with E-state index < -0.39 is 5.60 Å². The molecule has 1 N–H and O–H groups in total. The molecule has 1 aromatic rings. The summed E-state index contributed by atoms with van der Waals surface area (Å²) >= 11 is 0. The third kappa shape index (κ3) is 1.98. The lowest BCUT2D eigenvalue weighted by atomic mass is 9.91. The Bertz CT molecular complexity index is 356. The number of hydrogen-bond donors (Lipinski definition) is 1. The van der Waals surface area contributed by atoms with Crippen LogP contribution in [-0.2, 0) is 10.3 Å². The van der Waals surface area contributed by atoms with Crippen LogP contribution < -0.4 is 4.74 Å². The maximum atomic E-state index is 10.1. The van der Waals surface area contributed by atoms with Crippen molar-refractivity contribution in [1.29, 1.82) is 0 Å². The highest BCUT2D eigenvalue weighted by Crippen LogP contribution is 2.32. The Kier molecular flexibility index (Phi) is 2.67. The standard InChI is InChI=1S/C12H16O3/c1-3-15-11-5-9(2)4-10(6-11)12(13)7-14-8-12/h4-6,13H,3,7-8H2,1-2H3. The van der Waals surface area contributed by atoms with Gasteiger partial charge in [-0.05, 0) is 37.1 Å². The summed E-state index contributed by atoms with van der Waals surface area (Å²) in [5.41, 5.74) is 1.17. The fraction of sp³-hybridized carbons (Fsp3) is 0.500. The van der Waals surface area contributed by atoms with Gasteiger partial charge >= 0.3 is 0 Å². The predicted octanol–water partition coefficient (Wildman–Crippen LogP) is 1.61. The van der Waals surface area contributed by atoms with E-state index in [1.807, 2.05) is 32.0 Å². The summed E-state index contributed by atoms with van der Waals surface area (Å²) in [5, 5.41) is 10.1. The minimum atomic E-state index is -0.808. The molecule has 1 fully saturated rings. The molecule has 0 amide bonds. The van der Waals surface area contributed by atoms with Crippen LogP contribution in [0.5, 0.6) is 5.75 Å². The first-order valence-electron chi connectivity index (χ1n) is 5.19. The number of benzene rings is 1. The van der Waals surface area contributed by atoms with Crippen LogP contribution in [0.15, 0.2) is 18.2 Å². The van der Waals surface area contributed by atoms with Gasteiger partial charge in [-0.3, -0.25) is 0 Å². The SMILES string of the molecule is CCOc1cc(C)cc(C2(O)COC2)c1. The lowest BCUT2D eigenvalue weighted by Crippen LogP contribution is -2.46. The van der Waals surface area contributed by atoms with Crippen molar-refractivity contribution in [1.82, 2.24) is 0 Å². The van der Waals surface area contributed by atoms with E-state index in [9.17, 15) is 5.11 Å². The Hall–Kier alpha value is -1.06. The Morgan fingerprint density at radius 3 is 2.67 bits per heavy atom. The number of aliphatic hydroxyl groups is 1. The van der Waals surface area contributed by atoms with Gasteiger partial charge in [-0.1, -0.05) is 6.07 Å². The summed E-state index contributed by atoms with van der Waals surface area (Å²) in [6.45, 7) is 5.33. The molecule has 1 aromatic carbocycles. The minimum Gasteiger partial charge on any atom is -0.494 e. The summed E-state index contributed by atoms with van der Waals surface area (Å²) in [5.74, 6) is 0.813. The molecule has 2 rings (SSSR count). The number of aryl methyl sites for hydroxylation is 1. The molecule has 1 aliphatic rings. The first kappa shape index (κ1) is 10.5. The van der Waals surface area contributed by atoms with Gasteiger partial charge in [0, 0.05) is 0 Å². The minimum absolute atomic E-state index is 0.377. The molecule has 3 nitrogen and oxygen atoms in total. The van der Waals surface area contributed by atoms with Gasteiger partial charge in [-0.15, -0.1) is 0 Å². The van der Waals surface area contributed by atoms with Crippen molar-refractivity contribution in [3.63, 3.8) is 0 Å². The molecule has 0 bridgehead atoms. The van der Waals surface area contributed by atoms with Crippen molar-refractivity contribution in [2.45, 2.75) is 19.4 Å². The van der Waals surface area contributed by atoms with Crippen LogP contribution in [-0.4, -0.2) is 24.9 Å². The summed E-state index contributed by atoms with van der Waals surface area (Å²) in [7, 11) is 0. The predicted molar refractivity (Wildman–Crippen MR) is 57.1 cm³/mol. The first-order chi connectivity index (χ1) is 7.14. The molecule has 1 aliphatic heterocycles. The molecule has 0 saturated carbocycles. The van der Waals surface area contributed by atoms with E-state index >= 15 is 0 Å². The van der Waals surface area contributed by atoms with Crippen LogP contribution >= 0.6 is 0 Å². The Morgan fingerprint density at radius 2 is 2.13 bits per heavy atom. The van der Waals surface area contributed by atoms with Crippen molar-refractivity contribution >= 4 is 0 Å². The maximum absolute atomic E-state index is 10.1. The third-order valence-corrected chi connectivity index (χ3v) is 2.58. The fourth-order valence-corrected chi connectivity index (χ4v) is 1.73. The van der Waals surface area contributed by atoms with Crippen molar-refractivity contribution in [3.05, 3.63) is 29.3 Å². The fourth-order valence-electron chi connectivity index (χ4n) is 1.73. The van der Waals surface area contributed by atoms with Gasteiger partial charge in [0.15, 0.2) is 0 Å². The zero-order valence-electron chi connectivity index (χ0n) is 9.12. The second-order valence-electron chi connectivity index (χ2n) is 3.99. The van der Waals surface area contributed by atoms with E-state index in [1.54, 1.807) is 0 Å². The Balaban J connectivity index is 2.30. The molecule has 0 spiro atoms. The average molecular weight is 208 g/mol. The van der Waals surface area contributed by atoms with Crippen molar-refractivity contribution in [3.8, 4) is 5.75 Å². The second-order valence-corrected chi connectivity index (χ2v) is 3.99. The molecule has 0 radical (unpaired) electrons. The van der Waals surface area contributed by atoms with Crippen molar-refractivity contribution in [2.75, 3.05) is 19.8 Å². The normalized spacial score (nSPS) is 18.3. The first-order valence-corrected chi connectivity index (χ1v) is 5.19. The van der Waals surface area contributed by atoms with Gasteiger partial charge in [0.1, 0.15) is 11.4 Å². The molecule has 0 aliphatic carbocycles. The maximum Gasteiger partial charge on any atom is 0.136 e. The molecule has 0 unspecified atom stereocenters. The van der Waals surface area contributed by atoms with Gasteiger partial charge in [-0.2, -0.15) is 0 Å². The molecule has 82 valence electrons. The number of ether oxygens (including phenoxy) is 2. The van der Waals surface area contributed by atoms with Crippen LogP contribution in [0.1, 0.15) is 18.1 Å². The average Bonchev–Trinajstić information content (AvgIpc) is 2.14. The number of hydrogen-bond acceptors (Lipinski definition) is 3. The highest BCUT2D eigenvalue weighted by molar-refractivity contribution is 5.37. The highest BCUT2D eigenvalue weighted by Gasteiger charge is 2.38. The Labute approximate surface area is 89.6 Å². The summed E-state index contributed by atoms with van der Waals surface area (Å²) < 4.78 is 10.5. The zero-order chi connectivity index (χ0) is 10.9. The molecular formula is C12H16O3. The number of rotatable bonds is 3. The quantitative estimate of drug-likeness (QED) is 0.820. The largest absolute Gasteiger partial charge is 0.494 e. The van der Waals surface area contributed by atoms with Crippen LogP contribution in [0.2, 0.25) is 0 Å². The zero-order valence-corrected chi connectivity index (χ0v) is 9.12. The summed E-state index contributed by atoms with van der Waals surface area (Å²) in [6.07, 6.45) is 0. The van der Waals surface area contributed by atoms with Crippen LogP contribution in [0.25, 0.3) is 0 Å². The van der Waals surface area contributed by atoms with Gasteiger partial charge in [0.2, 0.25) is 0 Å². The molecule has 3 heteroatoms. The van der Waals surface area contributed by atoms with Crippen molar-refractivity contribution < 1.29 is 14.6 Å². The van der Waals surface area contributed by atoms with Gasteiger partial charge in [0.25, 0.3) is 0 Å². The van der Waals surface area contributed by atoms with Crippen LogP contribution in [0.4, 0.5) is 0 Å². The lowest BCUT2D eigenvalue weighted by molar-refractivity contribution is -0.184. The second kappa shape index (κ2) is 3.83. The molecule has 15 heavy (non-hydrogen) atoms. The molecule has 0 aromatic heterocycles. The topological polar surface area (TPSA) is 38.7 Å². The lowest BCUT2D eigenvalue weighted by Gasteiger charge is -2.37. The van der Waals surface area contributed by atoms with Gasteiger partial charge < -0.3 is 14.6 Å². The van der Waals surface area contributed by atoms with E-state index in [4.69, 9.17) is 9.47 Å². The summed E-state index contributed by atoms with van der Waals surface area (Å²) in [6, 6.07) is 5.83. The molecular weight excluding hydrogens is 192 g/mol. The third-order valence-electron chi connectivity index (χ3n) is 2.58. The van der Waals surface area contributed by atoms with Gasteiger partial charge in [-0.25, -0.2) is 0 Å². The van der Waals surface area contributed by atoms with Crippen molar-refractivity contribution in [2.24, 2.45) is 0 Å². The van der Waals surface area contributed by atoms with E-state index in [-0.39, 0.29) is 0 Å². The monoisotopic (exact) mass is 208 g/mol. The van der Waals surface area contributed by atoms with Crippen LogP contribution in [0, 0.1) is 6.92 Å². The summed E-state index contributed by atoms with van der Waals surface area (Å²) in [4.78, 5) is 0. The molecule has 1 heterocycles. The van der Waals surface area contributed by atoms with E-state index in [0.29, 0.717) is 19.8 Å². The van der Waals surface area contributed by atoms with Crippen LogP contribution in [0.3, 0.4) is 0 Å². The molecule has 0 atom stereocenters. The van der Waals surface area contributed by atoms with E-state index in [2.05, 4.69) is 0 Å². The Morgan fingerprint density at radius 1 is 1.40 bits per heavy atom. The molecule has 1 saturated heterocycles. The smallest absolute Gasteiger partial charge is 0.136 e.